The van der Waals surface area contributed by atoms with E-state index in [0.29, 0.717) is 32.5 Å². The molecule has 0 amide bonds. The van der Waals surface area contributed by atoms with Crippen molar-refractivity contribution in [2.75, 3.05) is 14.2 Å². The van der Waals surface area contributed by atoms with E-state index >= 15 is 0 Å². The van der Waals surface area contributed by atoms with Crippen LogP contribution in [0.4, 0.5) is 0 Å². The van der Waals surface area contributed by atoms with Gasteiger partial charge in [-0.15, -0.1) is 0 Å². The lowest BCUT2D eigenvalue weighted by molar-refractivity contribution is 0.0664. The van der Waals surface area contributed by atoms with Gasteiger partial charge in [0, 0.05) is 10.9 Å². The molecule has 0 spiro atoms. The van der Waals surface area contributed by atoms with Crippen LogP contribution < -0.4 is 9.47 Å². The molecule has 18 heavy (non-hydrogen) atoms. The van der Waals surface area contributed by atoms with Gasteiger partial charge in [0.25, 0.3) is 0 Å². The number of aryl methyl sites for hydroxylation is 1. The molecule has 0 fully saturated rings. The molecule has 96 valence electrons. The molecule has 1 aromatic carbocycles. The van der Waals surface area contributed by atoms with Crippen molar-refractivity contribution >= 4 is 32.9 Å². The molecule has 5 nitrogen and oxygen atoms in total. The van der Waals surface area contributed by atoms with Crippen LogP contribution in [0.5, 0.6) is 11.5 Å². The Hall–Kier alpha value is -1.69. The number of aromatic carboxylic acids is 1. The number of fused-ring (bicyclic) bond motifs is 1. The fraction of sp³-hybridized carbons (Fsp3) is 0.250. The van der Waals surface area contributed by atoms with Gasteiger partial charge in [-0.25, -0.2) is 4.79 Å². The number of furan rings is 1. The Bertz CT molecular complexity index is 629. The Morgan fingerprint density at radius 1 is 1.39 bits per heavy atom. The van der Waals surface area contributed by atoms with Crippen molar-refractivity contribution in [1.29, 1.82) is 0 Å². The quantitative estimate of drug-likeness (QED) is 0.942. The van der Waals surface area contributed by atoms with Gasteiger partial charge in [0.2, 0.25) is 5.76 Å². The number of methoxy groups -OCH3 is 2. The van der Waals surface area contributed by atoms with Crippen LogP contribution in [0, 0.1) is 6.92 Å². The standard InChI is InChI=1S/C12H11BrO5/c1-5-6-4-7(16-2)11(17-3)8(13)10(6)18-9(5)12(14)15/h4H,1-3H3,(H,14,15). The summed E-state index contributed by atoms with van der Waals surface area (Å²) in [6.45, 7) is 1.69. The Morgan fingerprint density at radius 2 is 2.06 bits per heavy atom. The molecule has 6 heteroatoms. The number of carboxylic acids is 1. The number of carboxylic acid groups (broad SMARTS) is 1. The van der Waals surface area contributed by atoms with Gasteiger partial charge in [0.1, 0.15) is 4.47 Å². The molecule has 0 aliphatic carbocycles. The van der Waals surface area contributed by atoms with Gasteiger partial charge in [-0.05, 0) is 28.9 Å². The van der Waals surface area contributed by atoms with Crippen molar-refractivity contribution in [2.45, 2.75) is 6.92 Å². The van der Waals surface area contributed by atoms with Crippen LogP contribution in [0.25, 0.3) is 11.0 Å². The molecule has 1 aromatic heterocycles. The molecule has 1 heterocycles. The molecule has 0 unspecified atom stereocenters. The molecule has 1 N–H and O–H groups in total. The van der Waals surface area contributed by atoms with Crippen LogP contribution in [0.15, 0.2) is 15.0 Å². The van der Waals surface area contributed by atoms with Crippen LogP contribution in [-0.4, -0.2) is 25.3 Å². The first-order chi connectivity index (χ1) is 8.51. The van der Waals surface area contributed by atoms with E-state index in [4.69, 9.17) is 19.0 Å². The van der Waals surface area contributed by atoms with Crippen LogP contribution >= 0.6 is 15.9 Å². The predicted octanol–water partition coefficient (Wildman–Crippen LogP) is 3.22. The van der Waals surface area contributed by atoms with E-state index in [1.807, 2.05) is 0 Å². The zero-order valence-electron chi connectivity index (χ0n) is 10.0. The van der Waals surface area contributed by atoms with E-state index in [1.165, 1.54) is 14.2 Å². The fourth-order valence-electron chi connectivity index (χ4n) is 1.82. The molecular formula is C12H11BrO5. The highest BCUT2D eigenvalue weighted by Gasteiger charge is 2.22. The van der Waals surface area contributed by atoms with Crippen LogP contribution in [0.1, 0.15) is 16.1 Å². The molecule has 0 bridgehead atoms. The van der Waals surface area contributed by atoms with Gasteiger partial charge >= 0.3 is 5.97 Å². The van der Waals surface area contributed by atoms with Gasteiger partial charge in [0.15, 0.2) is 17.1 Å². The Labute approximate surface area is 111 Å². The van der Waals surface area contributed by atoms with Crippen LogP contribution in [-0.2, 0) is 0 Å². The van der Waals surface area contributed by atoms with E-state index in [0.717, 1.165) is 0 Å². The number of benzene rings is 1. The highest BCUT2D eigenvalue weighted by Crippen LogP contribution is 2.43. The molecule has 0 saturated carbocycles. The second kappa shape index (κ2) is 4.53. The number of hydrogen-bond donors (Lipinski definition) is 1. The summed E-state index contributed by atoms with van der Waals surface area (Å²) in [5.74, 6) is -0.206. The zero-order valence-corrected chi connectivity index (χ0v) is 11.6. The van der Waals surface area contributed by atoms with E-state index in [-0.39, 0.29) is 5.76 Å². The van der Waals surface area contributed by atoms with Crippen molar-refractivity contribution in [3.63, 3.8) is 0 Å². The Balaban J connectivity index is 2.86. The largest absolute Gasteiger partial charge is 0.493 e. The molecule has 0 atom stereocenters. The van der Waals surface area contributed by atoms with Crippen LogP contribution in [0.3, 0.4) is 0 Å². The minimum Gasteiger partial charge on any atom is -0.493 e. The normalized spacial score (nSPS) is 10.7. The second-order valence-corrected chi connectivity index (χ2v) is 4.46. The smallest absolute Gasteiger partial charge is 0.372 e. The first kappa shape index (κ1) is 12.8. The lowest BCUT2D eigenvalue weighted by Crippen LogP contribution is -1.95. The second-order valence-electron chi connectivity index (χ2n) is 3.66. The van der Waals surface area contributed by atoms with Gasteiger partial charge in [-0.3, -0.25) is 0 Å². The number of rotatable bonds is 3. The molecule has 0 saturated heterocycles. The van der Waals surface area contributed by atoms with Crippen molar-refractivity contribution in [3.05, 3.63) is 21.9 Å². The maximum atomic E-state index is 11.0. The summed E-state index contributed by atoms with van der Waals surface area (Å²) in [6, 6.07) is 1.70. The Morgan fingerprint density at radius 3 is 2.56 bits per heavy atom. The summed E-state index contributed by atoms with van der Waals surface area (Å²) in [4.78, 5) is 11.0. The summed E-state index contributed by atoms with van der Waals surface area (Å²) in [5, 5.41) is 9.72. The van der Waals surface area contributed by atoms with Crippen molar-refractivity contribution < 1.29 is 23.8 Å². The number of halogens is 1. The maximum absolute atomic E-state index is 11.0. The topological polar surface area (TPSA) is 68.9 Å². The third-order valence-corrected chi connectivity index (χ3v) is 3.43. The number of ether oxygens (including phenoxy) is 2. The molecule has 2 aromatic rings. The minimum atomic E-state index is -1.10. The molecule has 0 aliphatic heterocycles. The van der Waals surface area contributed by atoms with E-state index in [1.54, 1.807) is 13.0 Å². The summed E-state index contributed by atoms with van der Waals surface area (Å²) in [5.41, 5.74) is 0.988. The fourth-order valence-corrected chi connectivity index (χ4v) is 2.47. The first-order valence-electron chi connectivity index (χ1n) is 5.08. The van der Waals surface area contributed by atoms with E-state index < -0.39 is 5.97 Å². The van der Waals surface area contributed by atoms with Crippen molar-refractivity contribution in [1.82, 2.24) is 0 Å². The van der Waals surface area contributed by atoms with Gasteiger partial charge in [-0.1, -0.05) is 0 Å². The first-order valence-corrected chi connectivity index (χ1v) is 5.87. The molecule has 0 aliphatic rings. The van der Waals surface area contributed by atoms with Crippen LogP contribution in [0.2, 0.25) is 0 Å². The highest BCUT2D eigenvalue weighted by atomic mass is 79.9. The summed E-state index contributed by atoms with van der Waals surface area (Å²) in [7, 11) is 3.02. The third kappa shape index (κ3) is 1.73. The molecule has 2 rings (SSSR count). The van der Waals surface area contributed by atoms with E-state index in [9.17, 15) is 4.79 Å². The number of hydrogen-bond acceptors (Lipinski definition) is 4. The molecule has 0 radical (unpaired) electrons. The monoisotopic (exact) mass is 314 g/mol. The minimum absolute atomic E-state index is 0.0824. The van der Waals surface area contributed by atoms with Gasteiger partial charge in [0.05, 0.1) is 14.2 Å². The Kier molecular flexibility index (Phi) is 3.21. The summed E-state index contributed by atoms with van der Waals surface area (Å²) >= 11 is 3.34. The van der Waals surface area contributed by atoms with Crippen molar-refractivity contribution in [2.24, 2.45) is 0 Å². The third-order valence-electron chi connectivity index (χ3n) is 2.71. The maximum Gasteiger partial charge on any atom is 0.372 e. The lowest BCUT2D eigenvalue weighted by atomic mass is 10.1. The van der Waals surface area contributed by atoms with Gasteiger partial charge < -0.3 is 19.0 Å². The van der Waals surface area contributed by atoms with Gasteiger partial charge in [-0.2, -0.15) is 0 Å². The average molecular weight is 315 g/mol. The van der Waals surface area contributed by atoms with Crippen molar-refractivity contribution in [3.8, 4) is 11.5 Å². The zero-order chi connectivity index (χ0) is 13.4. The summed E-state index contributed by atoms with van der Waals surface area (Å²) in [6.07, 6.45) is 0. The molecular weight excluding hydrogens is 304 g/mol. The lowest BCUT2D eigenvalue weighted by Gasteiger charge is -2.09. The van der Waals surface area contributed by atoms with E-state index in [2.05, 4.69) is 15.9 Å². The SMILES string of the molecule is COc1cc2c(C)c(C(=O)O)oc2c(Br)c1OC. The highest BCUT2D eigenvalue weighted by molar-refractivity contribution is 9.10. The average Bonchev–Trinajstić information content (AvgIpc) is 2.67. The number of carbonyl (C=O) groups is 1. The summed E-state index contributed by atoms with van der Waals surface area (Å²) < 4.78 is 16.3. The predicted molar refractivity (Wildman–Crippen MR) is 68.7 cm³/mol.